The molecule has 1 N–H and O–H groups in total. The average Bonchev–Trinajstić information content (AvgIpc) is 2.68. The Morgan fingerprint density at radius 1 is 1.21 bits per heavy atom. The van der Waals surface area contributed by atoms with Crippen LogP contribution in [0.3, 0.4) is 0 Å². The van der Waals surface area contributed by atoms with Crippen LogP contribution in [0, 0.1) is 0 Å². The van der Waals surface area contributed by atoms with Gasteiger partial charge in [0.05, 0.1) is 10.6 Å². The molecule has 7 nitrogen and oxygen atoms in total. The lowest BCUT2D eigenvalue weighted by Gasteiger charge is -2.14. The Kier molecular flexibility index (Phi) is 5.41. The van der Waals surface area contributed by atoms with Gasteiger partial charge < -0.3 is 5.32 Å². The van der Waals surface area contributed by atoms with E-state index < -0.39 is 9.84 Å². The maximum absolute atomic E-state index is 12.3. The van der Waals surface area contributed by atoms with E-state index in [2.05, 4.69) is 21.9 Å². The number of benzene rings is 1. The lowest BCUT2D eigenvalue weighted by atomic mass is 10.1. The number of aromatic nitrogens is 3. The summed E-state index contributed by atoms with van der Waals surface area (Å²) >= 11 is 0. The number of anilines is 1. The molecule has 0 spiro atoms. The monoisotopic (exact) mass is 398 g/mol. The second kappa shape index (κ2) is 7.77. The van der Waals surface area contributed by atoms with Gasteiger partial charge in [-0.1, -0.05) is 24.8 Å². The van der Waals surface area contributed by atoms with E-state index in [1.165, 1.54) is 10.6 Å². The summed E-state index contributed by atoms with van der Waals surface area (Å²) in [6.07, 6.45) is 4.42. The van der Waals surface area contributed by atoms with Gasteiger partial charge in [-0.15, -0.1) is 0 Å². The third-order valence-electron chi connectivity index (χ3n) is 4.24. The first-order valence-electron chi connectivity index (χ1n) is 8.47. The number of pyridine rings is 1. The average molecular weight is 398 g/mol. The zero-order valence-corrected chi connectivity index (χ0v) is 16.4. The predicted molar refractivity (Wildman–Crippen MR) is 112 cm³/mol. The Morgan fingerprint density at radius 3 is 2.57 bits per heavy atom. The van der Waals surface area contributed by atoms with Gasteiger partial charge in [0.15, 0.2) is 9.84 Å². The van der Waals surface area contributed by atoms with Crippen LogP contribution in [0.5, 0.6) is 0 Å². The van der Waals surface area contributed by atoms with Gasteiger partial charge in [0.2, 0.25) is 5.95 Å². The summed E-state index contributed by atoms with van der Waals surface area (Å²) in [6.45, 7) is 4.23. The highest BCUT2D eigenvalue weighted by atomic mass is 32.2. The van der Waals surface area contributed by atoms with Crippen molar-refractivity contribution in [2.75, 3.05) is 18.1 Å². The summed E-state index contributed by atoms with van der Waals surface area (Å²) < 4.78 is 25.4. The summed E-state index contributed by atoms with van der Waals surface area (Å²) in [5.41, 5.74) is 2.19. The lowest BCUT2D eigenvalue weighted by molar-refractivity contribution is 0.601. The molecule has 0 atom stereocenters. The molecule has 0 saturated carbocycles. The van der Waals surface area contributed by atoms with Crippen molar-refractivity contribution in [1.82, 2.24) is 14.5 Å². The molecule has 8 heteroatoms. The molecular formula is C20H22N4O3S. The number of sulfone groups is 1. The van der Waals surface area contributed by atoms with Crippen LogP contribution in [-0.4, -0.2) is 35.8 Å². The highest BCUT2D eigenvalue weighted by molar-refractivity contribution is 7.90. The molecule has 0 unspecified atom stereocenters. The maximum Gasteiger partial charge on any atom is 0.255 e. The minimum Gasteiger partial charge on any atom is -0.351 e. The van der Waals surface area contributed by atoms with Gasteiger partial charge in [0.25, 0.3) is 5.56 Å². The van der Waals surface area contributed by atoms with Gasteiger partial charge >= 0.3 is 0 Å². The van der Waals surface area contributed by atoms with Crippen molar-refractivity contribution < 1.29 is 9.84 Å². The number of hydrogen-bond acceptors (Lipinski definition) is 6. The van der Waals surface area contributed by atoms with E-state index in [9.17, 15) is 13.2 Å². The minimum absolute atomic E-state index is 0. The zero-order valence-electron chi connectivity index (χ0n) is 15.6. The fourth-order valence-corrected chi connectivity index (χ4v) is 3.67. The van der Waals surface area contributed by atoms with Crippen LogP contribution in [0.25, 0.3) is 16.8 Å². The second-order valence-corrected chi connectivity index (χ2v) is 8.31. The fourth-order valence-electron chi connectivity index (χ4n) is 2.73. The summed E-state index contributed by atoms with van der Waals surface area (Å²) in [5.74, 6) is 0.359. The van der Waals surface area contributed by atoms with Crippen LogP contribution in [0.15, 0.2) is 71.1 Å². The fraction of sp³-hybridized carbons (Fsp3) is 0.150. The molecule has 0 aliphatic carbocycles. The van der Waals surface area contributed by atoms with Crippen molar-refractivity contribution in [3.8, 4) is 11.3 Å². The molecule has 0 saturated heterocycles. The van der Waals surface area contributed by atoms with Gasteiger partial charge in [-0.3, -0.25) is 14.3 Å². The molecule has 2 aromatic heterocycles. The normalized spacial score (nSPS) is 11.2. The number of nitrogens with zero attached hydrogens (tertiary/aromatic N) is 3. The number of hydrogen-bond donors (Lipinski definition) is 1. The SMILES string of the molecule is C=C(CNc1nc(-c2ccncc2)cc(=O)n1C)c1ccccc1S(C)(=O)=O.[HH]. The standard InChI is InChI=1S/C20H20N4O3S.H2/c1-14(16-6-4-5-7-18(16)28(3,26)27)13-22-20-23-17(12-19(25)24(20)2)15-8-10-21-11-9-15;/h4-12H,1,13H2,2-3H3,(H,22,23);1H. The minimum atomic E-state index is -3.38. The number of rotatable bonds is 6. The van der Waals surface area contributed by atoms with E-state index in [0.29, 0.717) is 22.8 Å². The van der Waals surface area contributed by atoms with Crippen LogP contribution in [0.2, 0.25) is 0 Å². The first kappa shape index (κ1) is 19.5. The molecule has 0 fully saturated rings. The van der Waals surface area contributed by atoms with Crippen molar-refractivity contribution in [1.29, 1.82) is 0 Å². The molecular weight excluding hydrogens is 376 g/mol. The van der Waals surface area contributed by atoms with Crippen molar-refractivity contribution in [3.05, 3.63) is 77.4 Å². The quantitative estimate of drug-likeness (QED) is 0.686. The summed E-state index contributed by atoms with van der Waals surface area (Å²) in [7, 11) is -1.77. The Labute approximate surface area is 164 Å². The van der Waals surface area contributed by atoms with Crippen molar-refractivity contribution in [2.45, 2.75) is 4.90 Å². The molecule has 28 heavy (non-hydrogen) atoms. The maximum atomic E-state index is 12.3. The van der Waals surface area contributed by atoms with E-state index >= 15 is 0 Å². The molecule has 0 amide bonds. The molecule has 3 aromatic rings. The topological polar surface area (TPSA) is 93.9 Å². The first-order valence-corrected chi connectivity index (χ1v) is 10.4. The van der Waals surface area contributed by atoms with Crippen LogP contribution in [-0.2, 0) is 16.9 Å². The smallest absolute Gasteiger partial charge is 0.255 e. The van der Waals surface area contributed by atoms with E-state index in [-0.39, 0.29) is 18.4 Å². The highest BCUT2D eigenvalue weighted by Crippen LogP contribution is 2.23. The number of nitrogens with one attached hydrogen (secondary N) is 1. The van der Waals surface area contributed by atoms with Gasteiger partial charge in [-0.05, 0) is 29.3 Å². The van der Waals surface area contributed by atoms with Crippen molar-refractivity contribution in [2.24, 2.45) is 7.05 Å². The van der Waals surface area contributed by atoms with Gasteiger partial charge in [-0.25, -0.2) is 13.4 Å². The Morgan fingerprint density at radius 2 is 1.89 bits per heavy atom. The molecule has 146 valence electrons. The van der Waals surface area contributed by atoms with Gasteiger partial charge in [-0.2, -0.15) is 0 Å². The summed E-state index contributed by atoms with van der Waals surface area (Å²) in [4.78, 5) is 21.0. The van der Waals surface area contributed by atoms with Crippen molar-refractivity contribution >= 4 is 21.4 Å². The molecule has 1 aromatic carbocycles. The first-order chi connectivity index (χ1) is 13.3. The van der Waals surface area contributed by atoms with E-state index in [4.69, 9.17) is 0 Å². The van der Waals surface area contributed by atoms with Crippen LogP contribution in [0.4, 0.5) is 5.95 Å². The molecule has 0 bridgehead atoms. The Hall–Kier alpha value is -3.26. The van der Waals surface area contributed by atoms with Crippen LogP contribution in [0.1, 0.15) is 6.99 Å². The van der Waals surface area contributed by atoms with Gasteiger partial charge in [0.1, 0.15) is 0 Å². The van der Waals surface area contributed by atoms with E-state index in [0.717, 1.165) is 11.8 Å². The third kappa shape index (κ3) is 4.17. The Balaban J connectivity index is 0.00000300. The van der Waals surface area contributed by atoms with Crippen LogP contribution < -0.4 is 10.9 Å². The van der Waals surface area contributed by atoms with E-state index in [1.807, 2.05) is 0 Å². The lowest BCUT2D eigenvalue weighted by Crippen LogP contribution is -2.22. The second-order valence-electron chi connectivity index (χ2n) is 6.32. The zero-order chi connectivity index (χ0) is 20.3. The Bertz CT molecular complexity index is 1190. The molecule has 0 aliphatic rings. The van der Waals surface area contributed by atoms with Crippen LogP contribution >= 0.6 is 0 Å². The molecule has 3 rings (SSSR count). The third-order valence-corrected chi connectivity index (χ3v) is 5.39. The van der Waals surface area contributed by atoms with Gasteiger partial charge in [0, 0.05) is 45.3 Å². The predicted octanol–water partition coefficient (Wildman–Crippen LogP) is 2.62. The molecule has 0 radical (unpaired) electrons. The van der Waals surface area contributed by atoms with E-state index in [1.54, 1.807) is 55.8 Å². The largest absolute Gasteiger partial charge is 0.351 e. The summed E-state index contributed by atoms with van der Waals surface area (Å²) in [5, 5.41) is 3.08. The van der Waals surface area contributed by atoms with Crippen molar-refractivity contribution in [3.63, 3.8) is 0 Å². The summed E-state index contributed by atoms with van der Waals surface area (Å²) in [6, 6.07) is 11.7. The molecule has 2 heterocycles. The molecule has 0 aliphatic heterocycles. The highest BCUT2D eigenvalue weighted by Gasteiger charge is 2.15.